The monoisotopic (exact) mass is 328 g/mol. The molecule has 7 heteroatoms. The molecule has 2 atom stereocenters. The van der Waals surface area contributed by atoms with Gasteiger partial charge in [0.05, 0.1) is 28.7 Å². The number of carbonyl (C=O) groups excluding carboxylic acids is 2. The smallest absolute Gasteiger partial charge is 0.257 e. The van der Waals surface area contributed by atoms with Crippen LogP contribution in [0.2, 0.25) is 0 Å². The second-order valence-electron chi connectivity index (χ2n) is 6.61. The summed E-state index contributed by atoms with van der Waals surface area (Å²) >= 11 is 0. The molecule has 0 radical (unpaired) electrons. The van der Waals surface area contributed by atoms with Gasteiger partial charge in [-0.15, -0.1) is 0 Å². The molecule has 0 bridgehead atoms. The minimum Gasteiger partial charge on any atom is -0.351 e. The first-order valence-corrected chi connectivity index (χ1v) is 8.50. The molecule has 3 heterocycles. The van der Waals surface area contributed by atoms with Gasteiger partial charge in [0.15, 0.2) is 0 Å². The summed E-state index contributed by atoms with van der Waals surface area (Å²) < 4.78 is 5.15. The van der Waals surface area contributed by atoms with Crippen molar-refractivity contribution >= 4 is 22.9 Å². The van der Waals surface area contributed by atoms with E-state index in [1.165, 1.54) is 6.20 Å². The van der Waals surface area contributed by atoms with E-state index in [-0.39, 0.29) is 23.9 Å². The van der Waals surface area contributed by atoms with Crippen LogP contribution in [0.25, 0.3) is 11.1 Å². The largest absolute Gasteiger partial charge is 0.351 e. The Bertz CT molecular complexity index is 796. The van der Waals surface area contributed by atoms with Gasteiger partial charge in [0.2, 0.25) is 5.91 Å². The highest BCUT2D eigenvalue weighted by Crippen LogP contribution is 2.36. The second-order valence-corrected chi connectivity index (χ2v) is 6.61. The Hall–Kier alpha value is -2.44. The average Bonchev–Trinajstić information content (AvgIpc) is 3.35. The van der Waals surface area contributed by atoms with E-state index >= 15 is 0 Å². The minimum atomic E-state index is -0.167. The lowest BCUT2D eigenvalue weighted by Gasteiger charge is -2.33. The Labute approximate surface area is 139 Å². The van der Waals surface area contributed by atoms with Crippen LogP contribution in [-0.4, -0.2) is 34.0 Å². The van der Waals surface area contributed by atoms with Gasteiger partial charge in [0.1, 0.15) is 0 Å². The standard InChI is InChI=1S/C17H20N4O3/c1-2-12-11-7-10(8-18-17(11)24-21-12)16(23)19-13-5-6-14(22)20-15(13)9-3-4-9/h7-9,13,15H,2-6H2,1H3,(H,19,23)(H,20,22)/t13-,15+/m1/s1. The fourth-order valence-electron chi connectivity index (χ4n) is 3.40. The normalized spacial score (nSPS) is 24.0. The van der Waals surface area contributed by atoms with Crippen LogP contribution in [-0.2, 0) is 11.2 Å². The van der Waals surface area contributed by atoms with Gasteiger partial charge in [0, 0.05) is 12.6 Å². The van der Waals surface area contributed by atoms with E-state index in [0.717, 1.165) is 30.3 Å². The number of aromatic nitrogens is 2. The number of piperidine rings is 1. The van der Waals surface area contributed by atoms with Crippen molar-refractivity contribution in [2.24, 2.45) is 5.92 Å². The summed E-state index contributed by atoms with van der Waals surface area (Å²) in [5.74, 6) is 0.405. The number of fused-ring (bicyclic) bond motifs is 1. The molecule has 1 saturated heterocycles. The number of nitrogens with one attached hydrogen (secondary N) is 2. The number of rotatable bonds is 4. The highest BCUT2D eigenvalue weighted by atomic mass is 16.5. The molecule has 24 heavy (non-hydrogen) atoms. The van der Waals surface area contributed by atoms with Crippen molar-refractivity contribution in [1.82, 2.24) is 20.8 Å². The molecule has 4 rings (SSSR count). The van der Waals surface area contributed by atoms with Gasteiger partial charge in [0.25, 0.3) is 11.6 Å². The molecule has 2 N–H and O–H groups in total. The van der Waals surface area contributed by atoms with Gasteiger partial charge in [-0.3, -0.25) is 9.59 Å². The first kappa shape index (κ1) is 15.1. The molecule has 0 aromatic carbocycles. The van der Waals surface area contributed by atoms with Crippen molar-refractivity contribution in [3.8, 4) is 0 Å². The fraction of sp³-hybridized carbons (Fsp3) is 0.529. The van der Waals surface area contributed by atoms with Crippen LogP contribution in [0.1, 0.15) is 48.7 Å². The van der Waals surface area contributed by atoms with E-state index < -0.39 is 0 Å². The average molecular weight is 328 g/mol. The van der Waals surface area contributed by atoms with Crippen LogP contribution < -0.4 is 10.6 Å². The molecule has 2 aliphatic rings. The maximum absolute atomic E-state index is 12.6. The number of amides is 2. The number of pyridine rings is 1. The Morgan fingerprint density at radius 2 is 2.25 bits per heavy atom. The molecule has 2 fully saturated rings. The Morgan fingerprint density at radius 1 is 1.42 bits per heavy atom. The molecule has 7 nitrogen and oxygen atoms in total. The van der Waals surface area contributed by atoms with Crippen LogP contribution >= 0.6 is 0 Å². The van der Waals surface area contributed by atoms with Crippen LogP contribution in [0.3, 0.4) is 0 Å². The maximum atomic E-state index is 12.6. The summed E-state index contributed by atoms with van der Waals surface area (Å²) in [7, 11) is 0. The van der Waals surface area contributed by atoms with Crippen molar-refractivity contribution < 1.29 is 14.1 Å². The zero-order valence-corrected chi connectivity index (χ0v) is 13.5. The third-order valence-corrected chi connectivity index (χ3v) is 4.89. The fourth-order valence-corrected chi connectivity index (χ4v) is 3.40. The van der Waals surface area contributed by atoms with Crippen molar-refractivity contribution in [3.05, 3.63) is 23.5 Å². The lowest BCUT2D eigenvalue weighted by molar-refractivity contribution is -0.124. The summed E-state index contributed by atoms with van der Waals surface area (Å²) in [4.78, 5) is 28.5. The molecular formula is C17H20N4O3. The van der Waals surface area contributed by atoms with E-state index in [9.17, 15) is 9.59 Å². The Morgan fingerprint density at radius 3 is 3.00 bits per heavy atom. The number of carbonyl (C=O) groups is 2. The summed E-state index contributed by atoms with van der Waals surface area (Å²) in [6.07, 6.45) is 5.60. The van der Waals surface area contributed by atoms with Gasteiger partial charge < -0.3 is 15.2 Å². The van der Waals surface area contributed by atoms with Gasteiger partial charge in [-0.1, -0.05) is 12.1 Å². The van der Waals surface area contributed by atoms with Gasteiger partial charge in [-0.25, -0.2) is 4.98 Å². The highest BCUT2D eigenvalue weighted by Gasteiger charge is 2.40. The lowest BCUT2D eigenvalue weighted by Crippen LogP contribution is -2.56. The predicted octanol–water partition coefficient (Wildman–Crippen LogP) is 1.57. The number of hydrogen-bond donors (Lipinski definition) is 2. The van der Waals surface area contributed by atoms with E-state index in [1.807, 2.05) is 6.92 Å². The molecular weight excluding hydrogens is 308 g/mol. The number of hydrogen-bond acceptors (Lipinski definition) is 5. The van der Waals surface area contributed by atoms with E-state index in [0.29, 0.717) is 30.0 Å². The van der Waals surface area contributed by atoms with Crippen LogP contribution in [0.4, 0.5) is 0 Å². The molecule has 1 saturated carbocycles. The van der Waals surface area contributed by atoms with Gasteiger partial charge >= 0.3 is 0 Å². The Kier molecular flexibility index (Phi) is 3.70. The molecule has 2 aromatic heterocycles. The first-order valence-electron chi connectivity index (χ1n) is 8.50. The second kappa shape index (κ2) is 5.89. The highest BCUT2D eigenvalue weighted by molar-refractivity contribution is 5.97. The molecule has 126 valence electrons. The van der Waals surface area contributed by atoms with Crippen LogP contribution in [0.15, 0.2) is 16.8 Å². The van der Waals surface area contributed by atoms with E-state index in [1.54, 1.807) is 6.07 Å². The zero-order chi connectivity index (χ0) is 16.7. The molecule has 1 aliphatic carbocycles. The molecule has 1 aliphatic heterocycles. The lowest BCUT2D eigenvalue weighted by atomic mass is 9.94. The van der Waals surface area contributed by atoms with Crippen molar-refractivity contribution in [3.63, 3.8) is 0 Å². The van der Waals surface area contributed by atoms with Crippen LogP contribution in [0, 0.1) is 5.92 Å². The first-order chi connectivity index (χ1) is 11.7. The topological polar surface area (TPSA) is 97.1 Å². The van der Waals surface area contributed by atoms with Gasteiger partial charge in [-0.2, -0.15) is 0 Å². The third-order valence-electron chi connectivity index (χ3n) is 4.89. The third kappa shape index (κ3) is 2.74. The quantitative estimate of drug-likeness (QED) is 0.888. The molecule has 0 spiro atoms. The molecule has 2 aromatic rings. The summed E-state index contributed by atoms with van der Waals surface area (Å²) in [6, 6.07) is 1.81. The minimum absolute atomic E-state index is 0.0217. The van der Waals surface area contributed by atoms with Gasteiger partial charge in [-0.05, 0) is 37.7 Å². The predicted molar refractivity (Wildman–Crippen MR) is 86.3 cm³/mol. The summed E-state index contributed by atoms with van der Waals surface area (Å²) in [5.41, 5.74) is 1.74. The number of nitrogens with zero attached hydrogens (tertiary/aromatic N) is 2. The maximum Gasteiger partial charge on any atom is 0.257 e. The SMILES string of the molecule is CCc1noc2ncc(C(=O)N[C@@H]3CCC(=O)N[C@H]3C3CC3)cc12. The van der Waals surface area contributed by atoms with E-state index in [2.05, 4.69) is 20.8 Å². The Balaban J connectivity index is 1.53. The van der Waals surface area contributed by atoms with Crippen molar-refractivity contribution in [1.29, 1.82) is 0 Å². The van der Waals surface area contributed by atoms with Crippen molar-refractivity contribution in [2.75, 3.05) is 0 Å². The van der Waals surface area contributed by atoms with Crippen molar-refractivity contribution in [2.45, 2.75) is 51.1 Å². The van der Waals surface area contributed by atoms with E-state index in [4.69, 9.17) is 4.52 Å². The summed E-state index contributed by atoms with van der Waals surface area (Å²) in [6.45, 7) is 1.98. The number of aryl methyl sites for hydroxylation is 1. The summed E-state index contributed by atoms with van der Waals surface area (Å²) in [5, 5.41) is 10.9. The molecule has 2 amide bonds. The molecule has 0 unspecified atom stereocenters. The van der Waals surface area contributed by atoms with Crippen LogP contribution in [0.5, 0.6) is 0 Å². The zero-order valence-electron chi connectivity index (χ0n) is 13.5.